The molecule has 0 radical (unpaired) electrons. The molecule has 0 bridgehead atoms. The topological polar surface area (TPSA) is 81.5 Å². The van der Waals surface area contributed by atoms with E-state index in [0.29, 0.717) is 31.9 Å². The van der Waals surface area contributed by atoms with Gasteiger partial charge in [0.15, 0.2) is 0 Å². The molecular formula is C22H27N5O3. The third-order valence-corrected chi connectivity index (χ3v) is 5.36. The second kappa shape index (κ2) is 9.34. The molecule has 0 aliphatic carbocycles. The summed E-state index contributed by atoms with van der Waals surface area (Å²) in [4.78, 5) is 20.0. The SMILES string of the molecule is COCCNC(=O)c1cc([C@@H]2CN(Cc3ccnn3C)CCO2)nc2ccccc12. The summed E-state index contributed by atoms with van der Waals surface area (Å²) >= 11 is 0. The zero-order valence-corrected chi connectivity index (χ0v) is 17.4. The highest BCUT2D eigenvalue weighted by molar-refractivity contribution is 6.06. The molecule has 1 amide bonds. The summed E-state index contributed by atoms with van der Waals surface area (Å²) in [5.41, 5.74) is 3.33. The highest BCUT2D eigenvalue weighted by atomic mass is 16.5. The molecule has 1 N–H and O–H groups in total. The van der Waals surface area contributed by atoms with Gasteiger partial charge in [-0.05, 0) is 18.2 Å². The van der Waals surface area contributed by atoms with Crippen LogP contribution < -0.4 is 5.32 Å². The first kappa shape index (κ1) is 20.5. The third kappa shape index (κ3) is 4.51. The molecule has 1 atom stereocenters. The van der Waals surface area contributed by atoms with Crippen molar-refractivity contribution >= 4 is 16.8 Å². The Morgan fingerprint density at radius 1 is 1.33 bits per heavy atom. The molecule has 1 aliphatic rings. The third-order valence-electron chi connectivity index (χ3n) is 5.36. The number of aromatic nitrogens is 3. The van der Waals surface area contributed by atoms with Gasteiger partial charge in [-0.1, -0.05) is 18.2 Å². The van der Waals surface area contributed by atoms with Gasteiger partial charge in [0.25, 0.3) is 5.91 Å². The van der Waals surface area contributed by atoms with Crippen LogP contribution in [0, 0.1) is 0 Å². The number of amides is 1. The van der Waals surface area contributed by atoms with Crippen LogP contribution in [0.5, 0.6) is 0 Å². The summed E-state index contributed by atoms with van der Waals surface area (Å²) < 4.78 is 13.0. The van der Waals surface area contributed by atoms with E-state index in [1.54, 1.807) is 7.11 Å². The van der Waals surface area contributed by atoms with Crippen LogP contribution in [0.1, 0.15) is 27.8 Å². The van der Waals surface area contributed by atoms with Crippen LogP contribution in [-0.2, 0) is 23.1 Å². The van der Waals surface area contributed by atoms with Crippen LogP contribution in [0.2, 0.25) is 0 Å². The molecule has 0 spiro atoms. The van der Waals surface area contributed by atoms with E-state index >= 15 is 0 Å². The van der Waals surface area contributed by atoms with Gasteiger partial charge in [0.1, 0.15) is 6.10 Å². The minimum Gasteiger partial charge on any atom is -0.383 e. The fourth-order valence-corrected chi connectivity index (χ4v) is 3.72. The molecule has 1 aliphatic heterocycles. The molecule has 1 fully saturated rings. The second-order valence-corrected chi connectivity index (χ2v) is 7.40. The Kier molecular flexibility index (Phi) is 6.37. The van der Waals surface area contributed by atoms with Gasteiger partial charge in [0.05, 0.1) is 35.7 Å². The molecule has 3 heterocycles. The number of fused-ring (bicyclic) bond motifs is 1. The average Bonchev–Trinajstić information content (AvgIpc) is 3.17. The maximum atomic E-state index is 12.8. The minimum atomic E-state index is -0.192. The van der Waals surface area contributed by atoms with Crippen molar-refractivity contribution in [1.29, 1.82) is 0 Å². The first-order valence-corrected chi connectivity index (χ1v) is 10.1. The summed E-state index contributed by atoms with van der Waals surface area (Å²) in [5, 5.41) is 7.99. The number of methoxy groups -OCH3 is 1. The van der Waals surface area contributed by atoms with Gasteiger partial charge < -0.3 is 14.8 Å². The van der Waals surface area contributed by atoms with Crippen LogP contribution >= 0.6 is 0 Å². The summed E-state index contributed by atoms with van der Waals surface area (Å²) in [6, 6.07) is 11.6. The van der Waals surface area contributed by atoms with E-state index in [1.165, 1.54) is 0 Å². The Labute approximate surface area is 175 Å². The Balaban J connectivity index is 1.58. The van der Waals surface area contributed by atoms with Crippen LogP contribution in [0.25, 0.3) is 10.9 Å². The van der Waals surface area contributed by atoms with Gasteiger partial charge in [-0.25, -0.2) is 4.98 Å². The van der Waals surface area contributed by atoms with E-state index in [9.17, 15) is 4.79 Å². The Hall–Kier alpha value is -2.81. The van der Waals surface area contributed by atoms with E-state index in [-0.39, 0.29) is 12.0 Å². The van der Waals surface area contributed by atoms with Gasteiger partial charge in [-0.3, -0.25) is 14.4 Å². The predicted octanol–water partition coefficient (Wildman–Crippen LogP) is 1.92. The number of ether oxygens (including phenoxy) is 2. The first-order chi connectivity index (χ1) is 14.7. The lowest BCUT2D eigenvalue weighted by Crippen LogP contribution is -2.38. The van der Waals surface area contributed by atoms with E-state index in [1.807, 2.05) is 54.3 Å². The Morgan fingerprint density at radius 3 is 3.00 bits per heavy atom. The molecule has 8 nitrogen and oxygen atoms in total. The smallest absolute Gasteiger partial charge is 0.252 e. The van der Waals surface area contributed by atoms with Crippen molar-refractivity contribution in [1.82, 2.24) is 25.0 Å². The number of nitrogens with zero attached hydrogens (tertiary/aromatic N) is 4. The lowest BCUT2D eigenvalue weighted by Gasteiger charge is -2.32. The number of morpholine rings is 1. The number of aryl methyl sites for hydroxylation is 1. The number of hydrogen-bond acceptors (Lipinski definition) is 6. The molecule has 0 unspecified atom stereocenters. The number of rotatable bonds is 7. The van der Waals surface area contributed by atoms with E-state index in [4.69, 9.17) is 14.5 Å². The molecule has 0 saturated carbocycles. The van der Waals surface area contributed by atoms with Crippen molar-refractivity contribution in [3.8, 4) is 0 Å². The van der Waals surface area contributed by atoms with Crippen molar-refractivity contribution in [3.63, 3.8) is 0 Å². The van der Waals surface area contributed by atoms with Gasteiger partial charge >= 0.3 is 0 Å². The lowest BCUT2D eigenvalue weighted by atomic mass is 10.0. The molecule has 8 heteroatoms. The van der Waals surface area contributed by atoms with E-state index in [0.717, 1.165) is 35.4 Å². The fourth-order valence-electron chi connectivity index (χ4n) is 3.72. The summed E-state index contributed by atoms with van der Waals surface area (Å²) in [5.74, 6) is -0.130. The Morgan fingerprint density at radius 2 is 2.20 bits per heavy atom. The summed E-state index contributed by atoms with van der Waals surface area (Å²) in [6.07, 6.45) is 1.62. The highest BCUT2D eigenvalue weighted by Gasteiger charge is 2.25. The standard InChI is InChI=1S/C22H27N5O3/c1-26-16(7-8-24-26)14-27-10-12-30-21(15-27)20-13-18(22(28)23-9-11-29-2)17-5-3-4-6-19(17)25-20/h3-8,13,21H,9-12,14-15H2,1-2H3,(H,23,28)/t21-/m0/s1. The molecule has 158 valence electrons. The van der Waals surface area contributed by atoms with Gasteiger partial charge in [-0.15, -0.1) is 0 Å². The maximum Gasteiger partial charge on any atom is 0.252 e. The van der Waals surface area contributed by atoms with E-state index < -0.39 is 0 Å². The number of para-hydroxylation sites is 1. The number of pyridine rings is 1. The molecule has 30 heavy (non-hydrogen) atoms. The zero-order chi connectivity index (χ0) is 20.9. The molecular weight excluding hydrogens is 382 g/mol. The van der Waals surface area contributed by atoms with Crippen LogP contribution in [0.15, 0.2) is 42.6 Å². The van der Waals surface area contributed by atoms with Gasteiger partial charge in [0, 0.05) is 51.9 Å². The van der Waals surface area contributed by atoms with E-state index in [2.05, 4.69) is 15.3 Å². The van der Waals surface area contributed by atoms with Gasteiger partial charge in [-0.2, -0.15) is 5.10 Å². The number of carbonyl (C=O) groups is 1. The number of nitrogens with one attached hydrogen (secondary N) is 1. The average molecular weight is 409 g/mol. The van der Waals surface area contributed by atoms with Crippen molar-refractivity contribution in [3.05, 3.63) is 59.5 Å². The first-order valence-electron chi connectivity index (χ1n) is 10.1. The fraction of sp³-hybridized carbons (Fsp3) is 0.409. The van der Waals surface area contributed by atoms with Crippen molar-refractivity contribution in [2.24, 2.45) is 7.05 Å². The number of benzene rings is 1. The quantitative estimate of drug-likeness (QED) is 0.601. The number of hydrogen-bond donors (Lipinski definition) is 1. The minimum absolute atomic E-state index is 0.130. The predicted molar refractivity (Wildman–Crippen MR) is 113 cm³/mol. The van der Waals surface area contributed by atoms with Crippen LogP contribution in [0.3, 0.4) is 0 Å². The molecule has 1 aromatic carbocycles. The van der Waals surface area contributed by atoms with Crippen molar-refractivity contribution in [2.75, 3.05) is 40.0 Å². The van der Waals surface area contributed by atoms with Crippen LogP contribution in [-0.4, -0.2) is 65.5 Å². The Bertz CT molecular complexity index is 1020. The summed E-state index contributed by atoms with van der Waals surface area (Å²) in [6.45, 7) is 3.90. The highest BCUT2D eigenvalue weighted by Crippen LogP contribution is 2.26. The monoisotopic (exact) mass is 409 g/mol. The van der Waals surface area contributed by atoms with Crippen molar-refractivity contribution < 1.29 is 14.3 Å². The summed E-state index contributed by atoms with van der Waals surface area (Å²) in [7, 11) is 3.57. The second-order valence-electron chi connectivity index (χ2n) is 7.40. The van der Waals surface area contributed by atoms with Crippen LogP contribution in [0.4, 0.5) is 0 Å². The zero-order valence-electron chi connectivity index (χ0n) is 17.4. The molecule has 4 rings (SSSR count). The normalized spacial score (nSPS) is 17.3. The van der Waals surface area contributed by atoms with Gasteiger partial charge in [0.2, 0.25) is 0 Å². The molecule has 1 saturated heterocycles. The number of carbonyl (C=O) groups excluding carboxylic acids is 1. The largest absolute Gasteiger partial charge is 0.383 e. The molecule has 2 aromatic heterocycles. The van der Waals surface area contributed by atoms with Crippen molar-refractivity contribution in [2.45, 2.75) is 12.6 Å². The maximum absolute atomic E-state index is 12.8. The molecule has 3 aromatic rings. The lowest BCUT2D eigenvalue weighted by molar-refractivity contribution is -0.0355.